The fourth-order valence-corrected chi connectivity index (χ4v) is 5.02. The lowest BCUT2D eigenvalue weighted by atomic mass is 9.97. The molecule has 0 fully saturated rings. The topological polar surface area (TPSA) is 116 Å². The van der Waals surface area contributed by atoms with Crippen LogP contribution in [0.5, 0.6) is 0 Å². The highest BCUT2D eigenvalue weighted by molar-refractivity contribution is 8.00. The van der Waals surface area contributed by atoms with Crippen molar-refractivity contribution in [2.24, 2.45) is 0 Å². The molecule has 0 bridgehead atoms. The molecule has 1 heterocycles. The highest BCUT2D eigenvalue weighted by Crippen LogP contribution is 2.41. The molecule has 0 aliphatic rings. The molecule has 0 saturated carbocycles. The molecule has 0 saturated heterocycles. The zero-order valence-electron chi connectivity index (χ0n) is 19.0. The molecule has 36 heavy (non-hydrogen) atoms. The number of nitrogens with two attached hydrogens (primary N) is 1. The Bertz CT molecular complexity index is 1480. The summed E-state index contributed by atoms with van der Waals surface area (Å²) in [5.41, 5.74) is 9.02. The van der Waals surface area contributed by atoms with E-state index in [9.17, 15) is 15.3 Å². The van der Waals surface area contributed by atoms with E-state index in [1.165, 1.54) is 0 Å². The minimum Gasteiger partial charge on any atom is -0.383 e. The van der Waals surface area contributed by atoms with E-state index in [1.54, 1.807) is 24.3 Å². The van der Waals surface area contributed by atoms with Crippen molar-refractivity contribution in [1.29, 1.82) is 10.5 Å². The van der Waals surface area contributed by atoms with Gasteiger partial charge in [-0.25, -0.2) is 4.98 Å². The van der Waals surface area contributed by atoms with E-state index in [0.29, 0.717) is 22.7 Å². The van der Waals surface area contributed by atoms with E-state index in [2.05, 4.69) is 22.4 Å². The molecule has 1 aromatic heterocycles. The van der Waals surface area contributed by atoms with Crippen molar-refractivity contribution >= 4 is 35.1 Å². The minimum atomic E-state index is -0.714. The third-order valence-electron chi connectivity index (χ3n) is 5.41. The van der Waals surface area contributed by atoms with Gasteiger partial charge in [0.2, 0.25) is 5.91 Å². The zero-order chi connectivity index (χ0) is 25.5. The van der Waals surface area contributed by atoms with Crippen molar-refractivity contribution in [3.63, 3.8) is 0 Å². The lowest BCUT2D eigenvalue weighted by Crippen LogP contribution is -2.27. The molecule has 4 aromatic rings. The first-order chi connectivity index (χ1) is 17.5. The van der Waals surface area contributed by atoms with Gasteiger partial charge in [-0.15, -0.1) is 0 Å². The summed E-state index contributed by atoms with van der Waals surface area (Å²) in [4.78, 5) is 17.8. The molecule has 8 heteroatoms. The lowest BCUT2D eigenvalue weighted by Gasteiger charge is -2.19. The van der Waals surface area contributed by atoms with Gasteiger partial charge in [0.25, 0.3) is 0 Å². The quantitative estimate of drug-likeness (QED) is 0.301. The molecule has 3 N–H and O–H groups in total. The Morgan fingerprint density at radius 2 is 1.64 bits per heavy atom. The Kier molecular flexibility index (Phi) is 7.87. The molecular formula is C28H20ClN5OS. The van der Waals surface area contributed by atoms with Gasteiger partial charge >= 0.3 is 0 Å². The van der Waals surface area contributed by atoms with E-state index in [4.69, 9.17) is 17.3 Å². The number of aromatic nitrogens is 1. The smallest absolute Gasteiger partial charge is 0.238 e. The SMILES string of the molecule is N#Cc1c(N)nc(SC(C(=O)NCc2ccccc2)c2ccccc2)c(C#N)c1-c1cccc(Cl)c1. The maximum absolute atomic E-state index is 13.4. The summed E-state index contributed by atoms with van der Waals surface area (Å²) in [6.45, 7) is 0.353. The van der Waals surface area contributed by atoms with Gasteiger partial charge in [-0.3, -0.25) is 4.79 Å². The summed E-state index contributed by atoms with van der Waals surface area (Å²) in [5, 5.41) is 22.9. The van der Waals surface area contributed by atoms with E-state index in [-0.39, 0.29) is 27.9 Å². The number of pyridine rings is 1. The van der Waals surface area contributed by atoms with Crippen molar-refractivity contribution < 1.29 is 4.79 Å². The second-order valence-electron chi connectivity index (χ2n) is 7.77. The van der Waals surface area contributed by atoms with Crippen LogP contribution in [0.15, 0.2) is 90.0 Å². The highest BCUT2D eigenvalue weighted by atomic mass is 35.5. The van der Waals surface area contributed by atoms with Crippen LogP contribution in [0, 0.1) is 22.7 Å². The molecule has 176 valence electrons. The number of carbonyl (C=O) groups is 1. The lowest BCUT2D eigenvalue weighted by molar-refractivity contribution is -0.120. The van der Waals surface area contributed by atoms with E-state index < -0.39 is 5.25 Å². The van der Waals surface area contributed by atoms with Gasteiger partial charge in [0.05, 0.1) is 5.56 Å². The number of carbonyl (C=O) groups excluding carboxylic acids is 1. The van der Waals surface area contributed by atoms with Crippen LogP contribution in [-0.4, -0.2) is 10.9 Å². The number of hydrogen-bond donors (Lipinski definition) is 2. The van der Waals surface area contributed by atoms with Crippen molar-refractivity contribution in [3.05, 3.63) is 112 Å². The first-order valence-corrected chi connectivity index (χ1v) is 12.2. The standard InChI is InChI=1S/C28H20ClN5OS/c29-21-13-7-12-20(14-21)24-22(15-30)26(32)34-28(23(24)16-31)36-25(19-10-5-2-6-11-19)27(35)33-17-18-8-3-1-4-9-18/h1-14,25H,17H2,(H2,32,34)(H,33,35). The number of nitrogens with one attached hydrogen (secondary N) is 1. The Balaban J connectivity index is 1.77. The molecule has 6 nitrogen and oxygen atoms in total. The number of anilines is 1. The molecule has 0 aliphatic heterocycles. The molecule has 0 spiro atoms. The summed E-state index contributed by atoms with van der Waals surface area (Å²) < 4.78 is 0. The van der Waals surface area contributed by atoms with Crippen LogP contribution in [0.3, 0.4) is 0 Å². The van der Waals surface area contributed by atoms with Crippen LogP contribution in [0.1, 0.15) is 27.5 Å². The average Bonchev–Trinajstić information content (AvgIpc) is 2.91. The van der Waals surface area contributed by atoms with Crippen LogP contribution >= 0.6 is 23.4 Å². The van der Waals surface area contributed by atoms with Crippen LogP contribution in [0.2, 0.25) is 5.02 Å². The average molecular weight is 510 g/mol. The van der Waals surface area contributed by atoms with Crippen LogP contribution in [0.25, 0.3) is 11.1 Å². The highest BCUT2D eigenvalue weighted by Gasteiger charge is 2.27. The van der Waals surface area contributed by atoms with Crippen LogP contribution < -0.4 is 11.1 Å². The minimum absolute atomic E-state index is 0.0227. The van der Waals surface area contributed by atoms with Gasteiger partial charge in [0, 0.05) is 17.1 Å². The molecule has 3 aromatic carbocycles. The van der Waals surface area contributed by atoms with E-state index in [1.807, 2.05) is 60.7 Å². The molecule has 4 rings (SSSR count). The molecular weight excluding hydrogens is 490 g/mol. The number of hydrogen-bond acceptors (Lipinski definition) is 6. The number of benzene rings is 3. The fraction of sp³-hybridized carbons (Fsp3) is 0.0714. The number of nitrogens with zero attached hydrogens (tertiary/aromatic N) is 3. The number of halogens is 1. The normalized spacial score (nSPS) is 11.2. The summed E-state index contributed by atoms with van der Waals surface area (Å²) in [6, 6.07) is 29.9. The molecule has 0 radical (unpaired) electrons. The molecule has 1 atom stereocenters. The zero-order valence-corrected chi connectivity index (χ0v) is 20.6. The van der Waals surface area contributed by atoms with Gasteiger partial charge in [0.1, 0.15) is 33.8 Å². The maximum atomic E-state index is 13.4. The third kappa shape index (κ3) is 5.50. The monoisotopic (exact) mass is 509 g/mol. The Morgan fingerprint density at radius 3 is 2.28 bits per heavy atom. The number of rotatable bonds is 7. The summed E-state index contributed by atoms with van der Waals surface area (Å²) in [6.07, 6.45) is 0. The third-order valence-corrected chi connectivity index (χ3v) is 6.88. The predicted molar refractivity (Wildman–Crippen MR) is 142 cm³/mol. The van der Waals surface area contributed by atoms with E-state index in [0.717, 1.165) is 22.9 Å². The second-order valence-corrected chi connectivity index (χ2v) is 9.30. The first kappa shape index (κ1) is 24.8. The number of thioether (sulfide) groups is 1. The number of nitrogen functional groups attached to an aromatic ring is 1. The number of amides is 1. The Labute approximate surface area is 218 Å². The van der Waals surface area contributed by atoms with Crippen molar-refractivity contribution in [2.45, 2.75) is 16.8 Å². The molecule has 0 aliphatic carbocycles. The molecule has 1 unspecified atom stereocenters. The van der Waals surface area contributed by atoms with Crippen LogP contribution in [-0.2, 0) is 11.3 Å². The van der Waals surface area contributed by atoms with Crippen LogP contribution in [0.4, 0.5) is 5.82 Å². The van der Waals surface area contributed by atoms with Crippen molar-refractivity contribution in [2.75, 3.05) is 5.73 Å². The van der Waals surface area contributed by atoms with E-state index >= 15 is 0 Å². The largest absolute Gasteiger partial charge is 0.383 e. The summed E-state index contributed by atoms with van der Waals surface area (Å²) in [7, 11) is 0. The Morgan fingerprint density at radius 1 is 0.972 bits per heavy atom. The van der Waals surface area contributed by atoms with Gasteiger partial charge in [-0.2, -0.15) is 10.5 Å². The Hall–Kier alpha value is -4.30. The van der Waals surface area contributed by atoms with Gasteiger partial charge in [-0.05, 0) is 28.8 Å². The maximum Gasteiger partial charge on any atom is 0.238 e. The van der Waals surface area contributed by atoms with Crippen molar-refractivity contribution in [3.8, 4) is 23.3 Å². The predicted octanol–water partition coefficient (Wildman–Crippen LogP) is 5.88. The second kappa shape index (κ2) is 11.4. The van der Waals surface area contributed by atoms with Gasteiger partial charge in [0.15, 0.2) is 0 Å². The summed E-state index contributed by atoms with van der Waals surface area (Å²) >= 11 is 7.30. The van der Waals surface area contributed by atoms with Crippen molar-refractivity contribution in [1.82, 2.24) is 10.3 Å². The van der Waals surface area contributed by atoms with Gasteiger partial charge < -0.3 is 11.1 Å². The summed E-state index contributed by atoms with van der Waals surface area (Å²) in [5.74, 6) is -0.265. The molecule has 1 amide bonds. The van der Waals surface area contributed by atoms with Gasteiger partial charge in [-0.1, -0.05) is 96.2 Å². The fourth-order valence-electron chi connectivity index (χ4n) is 3.71. The number of nitriles is 2. The first-order valence-electron chi connectivity index (χ1n) is 10.9.